The van der Waals surface area contributed by atoms with Crippen molar-refractivity contribution in [1.29, 1.82) is 5.26 Å². The van der Waals surface area contributed by atoms with Gasteiger partial charge in [-0.2, -0.15) is 5.26 Å². The van der Waals surface area contributed by atoms with Crippen molar-refractivity contribution in [2.75, 3.05) is 0 Å². The van der Waals surface area contributed by atoms with Gasteiger partial charge in [-0.3, -0.25) is 0 Å². The van der Waals surface area contributed by atoms with Gasteiger partial charge in [0.15, 0.2) is 0 Å². The summed E-state index contributed by atoms with van der Waals surface area (Å²) in [6.07, 6.45) is 0.644. The lowest BCUT2D eigenvalue weighted by atomic mass is 10.0. The first kappa shape index (κ1) is 10.6. The number of carbonyl (C=O) groups is 1. The van der Waals surface area contributed by atoms with Crippen LogP contribution in [0.2, 0.25) is 5.02 Å². The number of nitriles is 1. The Kier molecular flexibility index (Phi) is 3.10. The smallest absolute Gasteiger partial charge is 0.338 e. The Morgan fingerprint density at radius 2 is 2.29 bits per heavy atom. The summed E-state index contributed by atoms with van der Waals surface area (Å²) in [6, 6.07) is 4.96. The molecule has 4 heteroatoms. The van der Waals surface area contributed by atoms with Gasteiger partial charge in [0.25, 0.3) is 0 Å². The van der Waals surface area contributed by atoms with Crippen molar-refractivity contribution in [3.8, 4) is 6.07 Å². The number of hydrogen-bond acceptors (Lipinski definition) is 2. The third-order valence-corrected chi connectivity index (χ3v) is 2.37. The third kappa shape index (κ3) is 1.70. The van der Waals surface area contributed by atoms with Crippen LogP contribution >= 0.6 is 11.6 Å². The van der Waals surface area contributed by atoms with Crippen LogP contribution in [0.25, 0.3) is 0 Å². The van der Waals surface area contributed by atoms with Crippen LogP contribution in [0.4, 0.5) is 0 Å². The van der Waals surface area contributed by atoms with Crippen LogP contribution < -0.4 is 0 Å². The monoisotopic (exact) mass is 209 g/mol. The highest BCUT2D eigenvalue weighted by Gasteiger charge is 2.16. The Balaban J connectivity index is 3.49. The summed E-state index contributed by atoms with van der Waals surface area (Å²) in [5, 5.41) is 17.7. The number of aryl methyl sites for hydroxylation is 1. The fourth-order valence-electron chi connectivity index (χ4n) is 1.19. The number of halogens is 1. The number of nitrogens with zero attached hydrogens (tertiary/aromatic N) is 1. The van der Waals surface area contributed by atoms with E-state index < -0.39 is 5.97 Å². The molecule has 0 aliphatic carbocycles. The summed E-state index contributed by atoms with van der Waals surface area (Å²) in [7, 11) is 0. The predicted octanol–water partition coefficient (Wildman–Crippen LogP) is 2.47. The first-order chi connectivity index (χ1) is 6.61. The Bertz CT molecular complexity index is 421. The van der Waals surface area contributed by atoms with Crippen molar-refractivity contribution in [2.45, 2.75) is 13.3 Å². The van der Waals surface area contributed by atoms with Crippen LogP contribution in [0, 0.1) is 11.3 Å². The van der Waals surface area contributed by atoms with Crippen molar-refractivity contribution in [1.82, 2.24) is 0 Å². The van der Waals surface area contributed by atoms with Crippen molar-refractivity contribution < 1.29 is 9.90 Å². The molecule has 0 radical (unpaired) electrons. The van der Waals surface area contributed by atoms with Gasteiger partial charge < -0.3 is 5.11 Å². The maximum Gasteiger partial charge on any atom is 0.338 e. The average molecular weight is 210 g/mol. The minimum atomic E-state index is -1.16. The standard InChI is InChI=1S/C10H8ClNO2/c1-2-6-3-4-7(5-12)8(9(6)11)10(13)14/h3-4H,2H2,1H3,(H,13,14). The van der Waals surface area contributed by atoms with Gasteiger partial charge in [-0.15, -0.1) is 0 Å². The van der Waals surface area contributed by atoms with Crippen molar-refractivity contribution in [3.05, 3.63) is 33.8 Å². The highest BCUT2D eigenvalue weighted by atomic mass is 35.5. The molecule has 0 fully saturated rings. The molecular formula is C10H8ClNO2. The van der Waals surface area contributed by atoms with E-state index in [2.05, 4.69) is 0 Å². The van der Waals surface area contributed by atoms with Crippen LogP contribution in [-0.2, 0) is 6.42 Å². The largest absolute Gasteiger partial charge is 0.478 e. The number of rotatable bonds is 2. The number of aromatic carboxylic acids is 1. The molecule has 0 aliphatic heterocycles. The summed E-state index contributed by atoms with van der Waals surface area (Å²) in [4.78, 5) is 10.8. The molecule has 0 saturated carbocycles. The quantitative estimate of drug-likeness (QED) is 0.814. The van der Waals surface area contributed by atoms with Crippen LogP contribution in [-0.4, -0.2) is 11.1 Å². The highest BCUT2D eigenvalue weighted by Crippen LogP contribution is 2.24. The number of carboxylic acid groups (broad SMARTS) is 1. The number of hydrogen-bond donors (Lipinski definition) is 1. The molecule has 0 aromatic heterocycles. The van der Waals surface area contributed by atoms with E-state index in [1.807, 2.05) is 6.92 Å². The van der Waals surface area contributed by atoms with Gasteiger partial charge in [-0.25, -0.2) is 4.79 Å². The summed E-state index contributed by atoms with van der Waals surface area (Å²) in [5.41, 5.74) is 0.733. The van der Waals surface area contributed by atoms with Gasteiger partial charge in [0, 0.05) is 0 Å². The molecule has 0 heterocycles. The van der Waals surface area contributed by atoms with E-state index in [1.165, 1.54) is 6.07 Å². The molecule has 0 saturated heterocycles. The SMILES string of the molecule is CCc1ccc(C#N)c(C(=O)O)c1Cl. The number of benzene rings is 1. The van der Waals surface area contributed by atoms with E-state index >= 15 is 0 Å². The van der Waals surface area contributed by atoms with Crippen molar-refractivity contribution in [2.24, 2.45) is 0 Å². The molecule has 72 valence electrons. The molecule has 0 aliphatic rings. The van der Waals surface area contributed by atoms with Crippen LogP contribution in [0.1, 0.15) is 28.4 Å². The van der Waals surface area contributed by atoms with Gasteiger partial charge in [-0.1, -0.05) is 24.6 Å². The topological polar surface area (TPSA) is 61.1 Å². The molecule has 0 bridgehead atoms. The van der Waals surface area contributed by atoms with E-state index in [-0.39, 0.29) is 16.1 Å². The molecular weight excluding hydrogens is 202 g/mol. The maximum absolute atomic E-state index is 10.8. The lowest BCUT2D eigenvalue weighted by molar-refractivity contribution is 0.0696. The first-order valence-corrected chi connectivity index (χ1v) is 4.44. The summed E-state index contributed by atoms with van der Waals surface area (Å²) in [5.74, 6) is -1.16. The molecule has 3 nitrogen and oxygen atoms in total. The fraction of sp³-hybridized carbons (Fsp3) is 0.200. The molecule has 1 N–H and O–H groups in total. The van der Waals surface area contributed by atoms with Gasteiger partial charge in [0.1, 0.15) is 6.07 Å². The van der Waals surface area contributed by atoms with Crippen LogP contribution in [0.15, 0.2) is 12.1 Å². The van der Waals surface area contributed by atoms with Gasteiger partial charge in [0.05, 0.1) is 16.1 Å². The van der Waals surface area contributed by atoms with Crippen LogP contribution in [0.3, 0.4) is 0 Å². The van der Waals surface area contributed by atoms with Gasteiger partial charge in [0.2, 0.25) is 0 Å². The molecule has 1 aromatic carbocycles. The Morgan fingerprint density at radius 1 is 1.64 bits per heavy atom. The molecule has 0 atom stereocenters. The summed E-state index contributed by atoms with van der Waals surface area (Å²) < 4.78 is 0. The molecule has 0 amide bonds. The van der Waals surface area contributed by atoms with E-state index in [1.54, 1.807) is 12.1 Å². The van der Waals surface area contributed by atoms with Crippen LogP contribution in [0.5, 0.6) is 0 Å². The number of carboxylic acids is 1. The van der Waals surface area contributed by atoms with Crippen molar-refractivity contribution in [3.63, 3.8) is 0 Å². The fourth-order valence-corrected chi connectivity index (χ4v) is 1.57. The van der Waals surface area contributed by atoms with E-state index in [9.17, 15) is 4.79 Å². The lowest BCUT2D eigenvalue weighted by Crippen LogP contribution is -2.03. The van der Waals surface area contributed by atoms with Crippen molar-refractivity contribution >= 4 is 17.6 Å². The predicted molar refractivity (Wildman–Crippen MR) is 52.5 cm³/mol. The Hall–Kier alpha value is -1.53. The molecule has 0 unspecified atom stereocenters. The molecule has 1 aromatic rings. The molecule has 14 heavy (non-hydrogen) atoms. The molecule has 1 rings (SSSR count). The summed E-state index contributed by atoms with van der Waals surface area (Å²) in [6.45, 7) is 1.87. The lowest BCUT2D eigenvalue weighted by Gasteiger charge is -2.05. The Morgan fingerprint density at radius 3 is 2.71 bits per heavy atom. The second-order valence-corrected chi connectivity index (χ2v) is 3.11. The minimum absolute atomic E-state index is 0.0969. The van der Waals surface area contributed by atoms with Gasteiger partial charge in [-0.05, 0) is 18.1 Å². The second-order valence-electron chi connectivity index (χ2n) is 2.73. The maximum atomic E-state index is 10.8. The average Bonchev–Trinajstić information content (AvgIpc) is 2.16. The first-order valence-electron chi connectivity index (χ1n) is 4.06. The minimum Gasteiger partial charge on any atom is -0.478 e. The zero-order valence-corrected chi connectivity index (χ0v) is 8.30. The normalized spacial score (nSPS) is 9.50. The van der Waals surface area contributed by atoms with E-state index in [0.717, 1.165) is 5.56 Å². The Labute approximate surface area is 86.5 Å². The zero-order valence-electron chi connectivity index (χ0n) is 7.54. The van der Waals surface area contributed by atoms with Gasteiger partial charge >= 0.3 is 5.97 Å². The third-order valence-electron chi connectivity index (χ3n) is 1.94. The highest BCUT2D eigenvalue weighted by molar-refractivity contribution is 6.34. The zero-order chi connectivity index (χ0) is 10.7. The molecule has 0 spiro atoms. The second kappa shape index (κ2) is 4.12. The summed E-state index contributed by atoms with van der Waals surface area (Å²) >= 11 is 5.86. The van der Waals surface area contributed by atoms with E-state index in [0.29, 0.717) is 6.42 Å². The van der Waals surface area contributed by atoms with E-state index in [4.69, 9.17) is 22.0 Å².